The first-order valence-electron chi connectivity index (χ1n) is 12.4. The van der Waals surface area contributed by atoms with E-state index < -0.39 is 6.04 Å². The number of hydrogen-bond acceptors (Lipinski definition) is 3. The Morgan fingerprint density at radius 1 is 0.946 bits per heavy atom. The molecule has 0 aliphatic rings. The van der Waals surface area contributed by atoms with E-state index in [-0.39, 0.29) is 30.9 Å². The molecule has 0 aromatic heterocycles. The van der Waals surface area contributed by atoms with Gasteiger partial charge in [-0.2, -0.15) is 0 Å². The molecule has 3 aromatic rings. The summed E-state index contributed by atoms with van der Waals surface area (Å²) in [5.41, 5.74) is 3.56. The predicted octanol–water partition coefficient (Wildman–Crippen LogP) is 6.40. The minimum Gasteiger partial charge on any atom is -0.483 e. The van der Waals surface area contributed by atoms with Crippen LogP contribution in [0.2, 0.25) is 10.0 Å². The Kier molecular flexibility index (Phi) is 10.4. The molecule has 5 nitrogen and oxygen atoms in total. The van der Waals surface area contributed by atoms with Gasteiger partial charge in [-0.15, -0.1) is 0 Å². The Balaban J connectivity index is 1.96. The van der Waals surface area contributed by atoms with E-state index in [1.165, 1.54) is 4.90 Å². The number of benzene rings is 3. The van der Waals surface area contributed by atoms with E-state index >= 15 is 0 Å². The fraction of sp³-hybridized carbons (Fsp3) is 0.333. The molecule has 0 aliphatic carbocycles. The number of nitrogens with zero attached hydrogens (tertiary/aromatic N) is 1. The molecule has 0 radical (unpaired) electrons. The summed E-state index contributed by atoms with van der Waals surface area (Å²) < 4.78 is 5.92. The number of ether oxygens (including phenoxy) is 1. The molecule has 2 amide bonds. The summed E-state index contributed by atoms with van der Waals surface area (Å²) in [5.74, 6) is 0.312. The smallest absolute Gasteiger partial charge is 0.261 e. The van der Waals surface area contributed by atoms with Crippen molar-refractivity contribution in [3.8, 4) is 5.75 Å². The van der Waals surface area contributed by atoms with Crippen LogP contribution in [-0.2, 0) is 22.6 Å². The van der Waals surface area contributed by atoms with Gasteiger partial charge in [-0.25, -0.2) is 0 Å². The summed E-state index contributed by atoms with van der Waals surface area (Å²) in [4.78, 5) is 28.8. The van der Waals surface area contributed by atoms with E-state index in [9.17, 15) is 9.59 Å². The van der Waals surface area contributed by atoms with Crippen LogP contribution < -0.4 is 10.1 Å². The molecule has 3 aromatic carbocycles. The van der Waals surface area contributed by atoms with E-state index in [1.54, 1.807) is 18.2 Å². The van der Waals surface area contributed by atoms with Crippen molar-refractivity contribution in [3.63, 3.8) is 0 Å². The number of carbonyl (C=O) groups excluding carboxylic acids is 2. The van der Waals surface area contributed by atoms with Gasteiger partial charge in [-0.3, -0.25) is 9.59 Å². The van der Waals surface area contributed by atoms with E-state index in [0.29, 0.717) is 34.3 Å². The molecule has 0 unspecified atom stereocenters. The first-order valence-corrected chi connectivity index (χ1v) is 13.1. The van der Waals surface area contributed by atoms with Crippen LogP contribution in [0.25, 0.3) is 0 Å². The van der Waals surface area contributed by atoms with E-state index in [2.05, 4.69) is 5.32 Å². The molecule has 0 bridgehead atoms. The van der Waals surface area contributed by atoms with Gasteiger partial charge in [0.2, 0.25) is 5.91 Å². The third kappa shape index (κ3) is 8.24. The van der Waals surface area contributed by atoms with Crippen molar-refractivity contribution in [2.75, 3.05) is 13.2 Å². The van der Waals surface area contributed by atoms with Crippen molar-refractivity contribution in [3.05, 3.63) is 99.0 Å². The highest BCUT2D eigenvalue weighted by Crippen LogP contribution is 2.27. The van der Waals surface area contributed by atoms with Gasteiger partial charge in [0, 0.05) is 35.1 Å². The molecule has 7 heteroatoms. The number of rotatable bonds is 11. The van der Waals surface area contributed by atoms with Crippen LogP contribution in [0, 0.1) is 19.8 Å². The summed E-state index contributed by atoms with van der Waals surface area (Å²) in [7, 11) is 0. The Labute approximate surface area is 229 Å². The second-order valence-corrected chi connectivity index (χ2v) is 10.4. The van der Waals surface area contributed by atoms with Gasteiger partial charge < -0.3 is 15.0 Å². The average molecular weight is 542 g/mol. The van der Waals surface area contributed by atoms with Gasteiger partial charge in [0.15, 0.2) is 6.61 Å². The van der Waals surface area contributed by atoms with E-state index in [4.69, 9.17) is 27.9 Å². The lowest BCUT2D eigenvalue weighted by molar-refractivity contribution is -0.142. The average Bonchev–Trinajstić information content (AvgIpc) is 2.86. The standard InChI is InChI=1S/C30H34Cl2N2O3/c1-20(2)17-33-30(36)27(16-23-9-6-5-7-10-23)34(18-24-25(31)11-8-12-26(24)32)29(35)19-37-28-14-13-21(3)15-22(28)4/h5-15,20,27H,16-19H2,1-4H3,(H,33,36)/t27-/m0/s1. The van der Waals surface area contributed by atoms with Gasteiger partial charge in [0.05, 0.1) is 0 Å². The summed E-state index contributed by atoms with van der Waals surface area (Å²) in [5, 5.41) is 3.87. The second-order valence-electron chi connectivity index (χ2n) is 9.62. The third-order valence-electron chi connectivity index (χ3n) is 6.03. The summed E-state index contributed by atoms with van der Waals surface area (Å²) in [6, 6.07) is 19.8. The lowest BCUT2D eigenvalue weighted by atomic mass is 10.0. The molecule has 0 spiro atoms. The number of amides is 2. The molecule has 0 saturated heterocycles. The van der Waals surface area contributed by atoms with Gasteiger partial charge in [-0.1, -0.05) is 91.1 Å². The minimum atomic E-state index is -0.788. The highest BCUT2D eigenvalue weighted by molar-refractivity contribution is 6.36. The van der Waals surface area contributed by atoms with Crippen LogP contribution in [0.15, 0.2) is 66.7 Å². The normalized spacial score (nSPS) is 11.8. The maximum absolute atomic E-state index is 13.7. The number of hydrogen-bond donors (Lipinski definition) is 1. The summed E-state index contributed by atoms with van der Waals surface area (Å²) in [6.45, 7) is 8.33. The van der Waals surface area contributed by atoms with Crippen molar-refractivity contribution in [2.45, 2.75) is 46.7 Å². The number of nitrogens with one attached hydrogen (secondary N) is 1. The van der Waals surface area contributed by atoms with Crippen LogP contribution in [0.4, 0.5) is 0 Å². The Morgan fingerprint density at radius 3 is 2.24 bits per heavy atom. The van der Waals surface area contributed by atoms with Gasteiger partial charge in [0.25, 0.3) is 5.91 Å². The fourth-order valence-electron chi connectivity index (χ4n) is 4.01. The number of halogens is 2. The molecule has 196 valence electrons. The zero-order valence-corrected chi connectivity index (χ0v) is 23.3. The van der Waals surface area contributed by atoms with Crippen molar-refractivity contribution < 1.29 is 14.3 Å². The fourth-order valence-corrected chi connectivity index (χ4v) is 4.53. The molecule has 1 atom stereocenters. The van der Waals surface area contributed by atoms with Gasteiger partial charge in [-0.05, 0) is 49.1 Å². The van der Waals surface area contributed by atoms with Crippen molar-refractivity contribution in [2.24, 2.45) is 5.92 Å². The van der Waals surface area contributed by atoms with Gasteiger partial charge >= 0.3 is 0 Å². The topological polar surface area (TPSA) is 58.6 Å². The highest BCUT2D eigenvalue weighted by Gasteiger charge is 2.31. The third-order valence-corrected chi connectivity index (χ3v) is 6.74. The number of carbonyl (C=O) groups is 2. The van der Waals surface area contributed by atoms with E-state index in [0.717, 1.165) is 16.7 Å². The molecule has 3 rings (SSSR count). The van der Waals surface area contributed by atoms with Crippen LogP contribution in [-0.4, -0.2) is 35.9 Å². The van der Waals surface area contributed by atoms with Crippen molar-refractivity contribution in [1.29, 1.82) is 0 Å². The molecule has 0 fully saturated rings. The van der Waals surface area contributed by atoms with Crippen molar-refractivity contribution >= 4 is 35.0 Å². The SMILES string of the molecule is Cc1ccc(OCC(=O)N(Cc2c(Cl)cccc2Cl)[C@@H](Cc2ccccc2)C(=O)NCC(C)C)c(C)c1. The Bertz CT molecular complexity index is 1190. The first kappa shape index (κ1) is 28.5. The quantitative estimate of drug-likeness (QED) is 0.306. The molecule has 0 saturated carbocycles. The summed E-state index contributed by atoms with van der Waals surface area (Å²) >= 11 is 13.0. The molecule has 37 heavy (non-hydrogen) atoms. The minimum absolute atomic E-state index is 0.0696. The zero-order chi connectivity index (χ0) is 26.9. The molecule has 0 heterocycles. The van der Waals surface area contributed by atoms with Crippen LogP contribution in [0.5, 0.6) is 5.75 Å². The van der Waals surface area contributed by atoms with E-state index in [1.807, 2.05) is 76.2 Å². The summed E-state index contributed by atoms with van der Waals surface area (Å²) in [6.07, 6.45) is 0.335. The largest absolute Gasteiger partial charge is 0.483 e. The van der Waals surface area contributed by atoms with Crippen LogP contribution in [0.3, 0.4) is 0 Å². The molecular weight excluding hydrogens is 507 g/mol. The monoisotopic (exact) mass is 540 g/mol. The number of aryl methyl sites for hydroxylation is 2. The lowest BCUT2D eigenvalue weighted by Crippen LogP contribution is -2.52. The molecule has 1 N–H and O–H groups in total. The lowest BCUT2D eigenvalue weighted by Gasteiger charge is -2.32. The second kappa shape index (κ2) is 13.5. The molecular formula is C30H34Cl2N2O3. The first-order chi connectivity index (χ1) is 17.7. The Morgan fingerprint density at radius 2 is 1.62 bits per heavy atom. The maximum Gasteiger partial charge on any atom is 0.261 e. The highest BCUT2D eigenvalue weighted by atomic mass is 35.5. The maximum atomic E-state index is 13.7. The van der Waals surface area contributed by atoms with Gasteiger partial charge in [0.1, 0.15) is 11.8 Å². The van der Waals surface area contributed by atoms with Crippen molar-refractivity contribution in [1.82, 2.24) is 10.2 Å². The predicted molar refractivity (Wildman–Crippen MR) is 150 cm³/mol. The molecule has 0 aliphatic heterocycles. The van der Waals surface area contributed by atoms with Crippen LogP contribution >= 0.6 is 23.2 Å². The Hall–Kier alpha value is -3.02. The zero-order valence-electron chi connectivity index (χ0n) is 21.8. The van der Waals surface area contributed by atoms with Crippen LogP contribution in [0.1, 0.15) is 36.1 Å².